The highest BCUT2D eigenvalue weighted by atomic mass is 32.2. The number of hydrogen-bond donors (Lipinski definition) is 1. The molecule has 0 fully saturated rings. The van der Waals surface area contributed by atoms with Crippen LogP contribution in [0, 0.1) is 0 Å². The zero-order valence-corrected chi connectivity index (χ0v) is 12.2. The second kappa shape index (κ2) is 9.82. The maximum atomic E-state index is 5.82. The monoisotopic (exact) mass is 250 g/mol. The lowest BCUT2D eigenvalue weighted by molar-refractivity contribution is 0.181. The van der Waals surface area contributed by atoms with Gasteiger partial charge in [-0.25, -0.2) is 0 Å². The van der Waals surface area contributed by atoms with Gasteiger partial charge in [-0.15, -0.1) is 0 Å². The Balaban J connectivity index is 3.93. The van der Waals surface area contributed by atoms with Crippen molar-refractivity contribution in [3.8, 4) is 0 Å². The number of rotatable bonds is 9. The molecule has 0 aliphatic heterocycles. The van der Waals surface area contributed by atoms with Crippen molar-refractivity contribution < 1.29 is 0 Å². The summed E-state index contributed by atoms with van der Waals surface area (Å²) >= 11 is 3.83. The summed E-state index contributed by atoms with van der Waals surface area (Å²) in [6, 6.07) is 1.20. The van der Waals surface area contributed by atoms with Gasteiger partial charge in [0.1, 0.15) is 0 Å². The minimum absolute atomic E-state index is 0.550. The fraction of sp³-hybridized carbons (Fsp3) is 1.00. The summed E-state index contributed by atoms with van der Waals surface area (Å²) in [5.41, 5.74) is 5.82. The normalized spacial score (nSPS) is 15.6. The molecular weight excluding hydrogens is 224 g/mol. The van der Waals surface area contributed by atoms with E-state index in [0.29, 0.717) is 12.1 Å². The van der Waals surface area contributed by atoms with Crippen molar-refractivity contribution in [3.63, 3.8) is 0 Å². The van der Waals surface area contributed by atoms with Crippen molar-refractivity contribution in [3.05, 3.63) is 0 Å². The van der Waals surface area contributed by atoms with Crippen LogP contribution in [0.15, 0.2) is 0 Å². The van der Waals surface area contributed by atoms with Gasteiger partial charge in [-0.2, -0.15) is 23.5 Å². The van der Waals surface area contributed by atoms with Gasteiger partial charge in [0.2, 0.25) is 0 Å². The van der Waals surface area contributed by atoms with E-state index in [0.717, 1.165) is 6.54 Å². The first kappa shape index (κ1) is 15.6. The van der Waals surface area contributed by atoms with Crippen molar-refractivity contribution in [2.24, 2.45) is 5.73 Å². The van der Waals surface area contributed by atoms with Gasteiger partial charge in [-0.3, -0.25) is 4.90 Å². The SMILES string of the molecule is CSCCC(C)N(C)C(CN)CCSC. The smallest absolute Gasteiger partial charge is 0.0226 e. The van der Waals surface area contributed by atoms with Crippen LogP contribution in [0.25, 0.3) is 0 Å². The third-order valence-electron chi connectivity index (χ3n) is 2.94. The lowest BCUT2D eigenvalue weighted by Gasteiger charge is -2.32. The first-order chi connectivity index (χ1) is 7.17. The van der Waals surface area contributed by atoms with Gasteiger partial charge in [0.25, 0.3) is 0 Å². The van der Waals surface area contributed by atoms with E-state index in [2.05, 4.69) is 31.4 Å². The average Bonchev–Trinajstić information content (AvgIpc) is 2.26. The molecule has 2 atom stereocenters. The fourth-order valence-electron chi connectivity index (χ4n) is 1.59. The number of likely N-dealkylation sites (N-methyl/N-ethyl adjacent to an activating group) is 1. The first-order valence-corrected chi connectivity index (χ1v) is 8.36. The Hall–Kier alpha value is 0.620. The van der Waals surface area contributed by atoms with Gasteiger partial charge in [0.15, 0.2) is 0 Å². The molecule has 2 N–H and O–H groups in total. The minimum Gasteiger partial charge on any atom is -0.329 e. The van der Waals surface area contributed by atoms with E-state index in [1.807, 2.05) is 23.5 Å². The van der Waals surface area contributed by atoms with Crippen LogP contribution in [0.3, 0.4) is 0 Å². The summed E-state index contributed by atoms with van der Waals surface area (Å²) in [4.78, 5) is 2.45. The molecule has 0 aliphatic rings. The molecule has 0 radical (unpaired) electrons. The Bertz CT molecular complexity index is 145. The summed E-state index contributed by atoms with van der Waals surface area (Å²) in [7, 11) is 2.21. The second-order valence-electron chi connectivity index (χ2n) is 3.97. The van der Waals surface area contributed by atoms with Crippen LogP contribution in [-0.4, -0.2) is 54.6 Å². The fourth-order valence-corrected chi connectivity index (χ4v) is 2.68. The molecule has 0 aromatic carbocycles. The Labute approximate surface area is 104 Å². The van der Waals surface area contributed by atoms with Crippen molar-refractivity contribution in [1.82, 2.24) is 4.90 Å². The molecule has 2 nitrogen and oxygen atoms in total. The Kier molecular flexibility index (Phi) is 10.2. The Morgan fingerprint density at radius 1 is 1.13 bits per heavy atom. The molecule has 0 rings (SSSR count). The molecule has 0 heterocycles. The highest BCUT2D eigenvalue weighted by molar-refractivity contribution is 7.98. The van der Waals surface area contributed by atoms with Crippen LogP contribution in [0.4, 0.5) is 0 Å². The predicted molar refractivity (Wildman–Crippen MR) is 76.1 cm³/mol. The highest BCUT2D eigenvalue weighted by Crippen LogP contribution is 2.12. The van der Waals surface area contributed by atoms with Crippen molar-refractivity contribution in [2.75, 3.05) is 37.6 Å². The first-order valence-electron chi connectivity index (χ1n) is 5.57. The van der Waals surface area contributed by atoms with E-state index in [1.165, 1.54) is 24.3 Å². The number of thioether (sulfide) groups is 2. The lowest BCUT2D eigenvalue weighted by atomic mass is 10.1. The van der Waals surface area contributed by atoms with E-state index < -0.39 is 0 Å². The van der Waals surface area contributed by atoms with Gasteiger partial charge in [-0.05, 0) is 50.8 Å². The third kappa shape index (κ3) is 6.72. The molecule has 0 saturated heterocycles. The van der Waals surface area contributed by atoms with Gasteiger partial charge >= 0.3 is 0 Å². The minimum atomic E-state index is 0.550. The van der Waals surface area contributed by atoms with Gasteiger partial charge < -0.3 is 5.73 Å². The molecule has 0 aromatic heterocycles. The highest BCUT2D eigenvalue weighted by Gasteiger charge is 2.17. The zero-order chi connectivity index (χ0) is 11.7. The zero-order valence-electron chi connectivity index (χ0n) is 10.5. The summed E-state index contributed by atoms with van der Waals surface area (Å²) in [6.07, 6.45) is 6.79. The Morgan fingerprint density at radius 2 is 1.67 bits per heavy atom. The van der Waals surface area contributed by atoms with Crippen molar-refractivity contribution in [1.29, 1.82) is 0 Å². The van der Waals surface area contributed by atoms with Crippen LogP contribution in [0.1, 0.15) is 19.8 Å². The van der Waals surface area contributed by atoms with Crippen LogP contribution in [-0.2, 0) is 0 Å². The quantitative estimate of drug-likeness (QED) is 0.679. The van der Waals surface area contributed by atoms with E-state index in [4.69, 9.17) is 5.73 Å². The van der Waals surface area contributed by atoms with E-state index >= 15 is 0 Å². The maximum Gasteiger partial charge on any atom is 0.0226 e. The molecular formula is C11H26N2S2. The van der Waals surface area contributed by atoms with Gasteiger partial charge in [-0.1, -0.05) is 0 Å². The topological polar surface area (TPSA) is 29.3 Å². The number of nitrogens with zero attached hydrogens (tertiary/aromatic N) is 1. The summed E-state index contributed by atoms with van der Waals surface area (Å²) < 4.78 is 0. The van der Waals surface area contributed by atoms with Crippen molar-refractivity contribution in [2.45, 2.75) is 31.8 Å². The molecule has 0 bridgehead atoms. The molecule has 0 saturated carbocycles. The molecule has 15 heavy (non-hydrogen) atoms. The molecule has 0 spiro atoms. The number of nitrogens with two attached hydrogens (primary N) is 1. The van der Waals surface area contributed by atoms with E-state index in [-0.39, 0.29) is 0 Å². The molecule has 92 valence electrons. The molecule has 0 aliphatic carbocycles. The molecule has 4 heteroatoms. The van der Waals surface area contributed by atoms with Gasteiger partial charge in [0.05, 0.1) is 0 Å². The van der Waals surface area contributed by atoms with Gasteiger partial charge in [0, 0.05) is 18.6 Å². The molecule has 2 unspecified atom stereocenters. The van der Waals surface area contributed by atoms with Crippen LogP contribution in [0.2, 0.25) is 0 Å². The second-order valence-corrected chi connectivity index (χ2v) is 5.94. The third-order valence-corrected chi connectivity index (χ3v) is 4.23. The van der Waals surface area contributed by atoms with Crippen LogP contribution < -0.4 is 5.73 Å². The largest absolute Gasteiger partial charge is 0.329 e. The molecule has 0 amide bonds. The summed E-state index contributed by atoms with van der Waals surface area (Å²) in [5.74, 6) is 2.45. The van der Waals surface area contributed by atoms with Crippen LogP contribution in [0.5, 0.6) is 0 Å². The lowest BCUT2D eigenvalue weighted by Crippen LogP contribution is -2.43. The molecule has 0 aromatic rings. The van der Waals surface area contributed by atoms with E-state index in [9.17, 15) is 0 Å². The standard InChI is InChI=1S/C11H26N2S2/c1-10(5-7-14-3)13(2)11(9-12)6-8-15-4/h10-11H,5-9,12H2,1-4H3. The summed E-state index contributed by atoms with van der Waals surface area (Å²) in [5, 5.41) is 0. The maximum absolute atomic E-state index is 5.82. The summed E-state index contributed by atoms with van der Waals surface area (Å²) in [6.45, 7) is 3.08. The van der Waals surface area contributed by atoms with Crippen molar-refractivity contribution >= 4 is 23.5 Å². The predicted octanol–water partition coefficient (Wildman–Crippen LogP) is 2.14. The number of hydrogen-bond acceptors (Lipinski definition) is 4. The van der Waals surface area contributed by atoms with Crippen LogP contribution >= 0.6 is 23.5 Å². The Morgan fingerprint density at radius 3 is 2.13 bits per heavy atom. The average molecular weight is 250 g/mol. The van der Waals surface area contributed by atoms with E-state index in [1.54, 1.807) is 0 Å².